The fraction of sp³-hybridized carbons (Fsp3) is 0.667. The first kappa shape index (κ1) is 13.4. The topological polar surface area (TPSA) is 107 Å². The van der Waals surface area contributed by atoms with Crippen LogP contribution in [0, 0.1) is 5.92 Å². The zero-order chi connectivity index (χ0) is 12.7. The molecule has 0 saturated heterocycles. The van der Waals surface area contributed by atoms with Crippen molar-refractivity contribution in [3.63, 3.8) is 0 Å². The minimum absolute atomic E-state index is 0.204. The molecule has 0 amide bonds. The molecule has 0 aliphatic carbocycles. The first-order chi connectivity index (χ1) is 8.19. The third-order valence-corrected chi connectivity index (χ3v) is 1.99. The molecule has 0 aliphatic rings. The highest BCUT2D eigenvalue weighted by molar-refractivity contribution is 5.34. The molecule has 0 radical (unpaired) electrons. The molecule has 0 aliphatic heterocycles. The first-order valence-electron chi connectivity index (χ1n) is 5.19. The molecule has 1 heterocycles. The number of methoxy groups -OCH3 is 2. The van der Waals surface area contributed by atoms with Crippen LogP contribution in [0.2, 0.25) is 0 Å². The summed E-state index contributed by atoms with van der Waals surface area (Å²) in [6.45, 7) is 3.40. The van der Waals surface area contributed by atoms with Gasteiger partial charge in [0.15, 0.2) is 0 Å². The standard InChI is InChI=1S/C9H18N6O2/c1-6(5-16-2)4-11-7-12-8(15-10)14-9(13-7)17-3/h6H,4-5,10H2,1-3H3,(H2,11,12,13,14,15). The van der Waals surface area contributed by atoms with Crippen molar-refractivity contribution in [1.82, 2.24) is 15.0 Å². The van der Waals surface area contributed by atoms with E-state index in [2.05, 4.69) is 32.6 Å². The van der Waals surface area contributed by atoms with Crippen LogP contribution in [0.25, 0.3) is 0 Å². The van der Waals surface area contributed by atoms with E-state index in [1.807, 2.05) is 0 Å². The number of ether oxygens (including phenoxy) is 2. The summed E-state index contributed by atoms with van der Waals surface area (Å²) in [6.07, 6.45) is 0. The highest BCUT2D eigenvalue weighted by Gasteiger charge is 2.07. The number of hydrogen-bond acceptors (Lipinski definition) is 8. The van der Waals surface area contributed by atoms with Crippen LogP contribution in [-0.4, -0.2) is 42.3 Å². The molecule has 0 aromatic carbocycles. The van der Waals surface area contributed by atoms with E-state index < -0.39 is 0 Å². The second-order valence-electron chi connectivity index (χ2n) is 3.56. The number of rotatable bonds is 7. The van der Waals surface area contributed by atoms with Crippen LogP contribution in [0.1, 0.15) is 6.92 Å². The van der Waals surface area contributed by atoms with Gasteiger partial charge in [0.25, 0.3) is 0 Å². The molecule has 1 aromatic rings. The minimum Gasteiger partial charge on any atom is -0.467 e. The number of nitrogens with two attached hydrogens (primary N) is 1. The molecule has 1 rings (SSSR count). The van der Waals surface area contributed by atoms with Gasteiger partial charge in [-0.2, -0.15) is 15.0 Å². The molecule has 4 N–H and O–H groups in total. The van der Waals surface area contributed by atoms with Gasteiger partial charge in [-0.3, -0.25) is 5.43 Å². The van der Waals surface area contributed by atoms with Crippen molar-refractivity contribution in [2.75, 3.05) is 38.1 Å². The molecular formula is C9H18N6O2. The SMILES string of the molecule is COCC(C)CNc1nc(NN)nc(OC)n1. The Hall–Kier alpha value is -1.67. The predicted octanol–water partition coefficient (Wildman–Crippen LogP) is -0.140. The fourth-order valence-corrected chi connectivity index (χ4v) is 1.20. The summed E-state index contributed by atoms with van der Waals surface area (Å²) in [6, 6.07) is 0.204. The predicted molar refractivity (Wildman–Crippen MR) is 63.7 cm³/mol. The summed E-state index contributed by atoms with van der Waals surface area (Å²) >= 11 is 0. The van der Waals surface area contributed by atoms with Gasteiger partial charge in [-0.15, -0.1) is 0 Å². The second kappa shape index (κ2) is 6.81. The van der Waals surface area contributed by atoms with Crippen molar-refractivity contribution in [3.8, 4) is 6.01 Å². The summed E-state index contributed by atoms with van der Waals surface area (Å²) in [5.74, 6) is 6.24. The van der Waals surface area contributed by atoms with Crippen molar-refractivity contribution in [1.29, 1.82) is 0 Å². The number of anilines is 2. The summed E-state index contributed by atoms with van der Waals surface area (Å²) in [7, 11) is 3.14. The third kappa shape index (κ3) is 4.37. The van der Waals surface area contributed by atoms with Gasteiger partial charge < -0.3 is 14.8 Å². The van der Waals surface area contributed by atoms with E-state index >= 15 is 0 Å². The van der Waals surface area contributed by atoms with E-state index in [0.29, 0.717) is 25.0 Å². The molecule has 1 atom stereocenters. The summed E-state index contributed by atoms with van der Waals surface area (Å²) in [5.41, 5.74) is 2.35. The van der Waals surface area contributed by atoms with E-state index in [9.17, 15) is 0 Å². The van der Waals surface area contributed by atoms with Crippen LogP contribution < -0.4 is 21.3 Å². The van der Waals surface area contributed by atoms with Crippen molar-refractivity contribution in [2.45, 2.75) is 6.92 Å². The number of hydrogen-bond donors (Lipinski definition) is 3. The first-order valence-corrected chi connectivity index (χ1v) is 5.19. The lowest BCUT2D eigenvalue weighted by molar-refractivity contribution is 0.164. The normalized spacial score (nSPS) is 12.0. The molecule has 0 spiro atoms. The molecule has 0 bridgehead atoms. The zero-order valence-corrected chi connectivity index (χ0v) is 10.2. The third-order valence-electron chi connectivity index (χ3n) is 1.99. The Balaban J connectivity index is 2.63. The van der Waals surface area contributed by atoms with Gasteiger partial charge in [0.1, 0.15) is 0 Å². The van der Waals surface area contributed by atoms with Crippen molar-refractivity contribution in [2.24, 2.45) is 11.8 Å². The number of nitrogen functional groups attached to an aromatic ring is 1. The molecule has 8 nitrogen and oxygen atoms in total. The Morgan fingerprint density at radius 2 is 1.94 bits per heavy atom. The highest BCUT2D eigenvalue weighted by atomic mass is 16.5. The van der Waals surface area contributed by atoms with Crippen LogP contribution in [0.5, 0.6) is 6.01 Å². The van der Waals surface area contributed by atoms with E-state index in [1.165, 1.54) is 7.11 Å². The lowest BCUT2D eigenvalue weighted by atomic mass is 10.2. The van der Waals surface area contributed by atoms with Gasteiger partial charge in [-0.25, -0.2) is 5.84 Å². The molecule has 0 saturated carbocycles. The Morgan fingerprint density at radius 1 is 1.24 bits per heavy atom. The van der Waals surface area contributed by atoms with Crippen LogP contribution in [0.3, 0.4) is 0 Å². The van der Waals surface area contributed by atoms with Crippen molar-refractivity contribution >= 4 is 11.9 Å². The minimum atomic E-state index is 0.204. The maximum atomic E-state index is 5.24. The molecule has 96 valence electrons. The molecule has 1 aromatic heterocycles. The average Bonchev–Trinajstić information content (AvgIpc) is 2.36. The Morgan fingerprint density at radius 3 is 2.53 bits per heavy atom. The van der Waals surface area contributed by atoms with Crippen molar-refractivity contribution in [3.05, 3.63) is 0 Å². The second-order valence-corrected chi connectivity index (χ2v) is 3.56. The maximum Gasteiger partial charge on any atom is 0.322 e. The lowest BCUT2D eigenvalue weighted by Gasteiger charge is -2.12. The Bertz CT molecular complexity index is 326. The van der Waals surface area contributed by atoms with E-state index in [0.717, 1.165) is 0 Å². The number of hydrazine groups is 1. The molecule has 8 heteroatoms. The summed E-state index contributed by atoms with van der Waals surface area (Å²) in [5, 5.41) is 3.06. The van der Waals surface area contributed by atoms with E-state index in [4.69, 9.17) is 15.3 Å². The highest BCUT2D eigenvalue weighted by Crippen LogP contribution is 2.10. The van der Waals surface area contributed by atoms with Gasteiger partial charge in [0.2, 0.25) is 11.9 Å². The van der Waals surface area contributed by atoms with Gasteiger partial charge >= 0.3 is 6.01 Å². The monoisotopic (exact) mass is 242 g/mol. The van der Waals surface area contributed by atoms with Crippen LogP contribution in [-0.2, 0) is 4.74 Å². The van der Waals surface area contributed by atoms with Crippen LogP contribution in [0.4, 0.5) is 11.9 Å². The van der Waals surface area contributed by atoms with Crippen LogP contribution in [0.15, 0.2) is 0 Å². The van der Waals surface area contributed by atoms with Gasteiger partial charge in [0, 0.05) is 13.7 Å². The quantitative estimate of drug-likeness (QED) is 0.448. The zero-order valence-electron chi connectivity index (χ0n) is 10.2. The van der Waals surface area contributed by atoms with Gasteiger partial charge in [-0.1, -0.05) is 6.92 Å². The Labute approximate surface area is 99.9 Å². The van der Waals surface area contributed by atoms with Gasteiger partial charge in [0.05, 0.1) is 13.7 Å². The average molecular weight is 242 g/mol. The smallest absolute Gasteiger partial charge is 0.322 e. The number of nitrogens with zero attached hydrogens (tertiary/aromatic N) is 3. The molecular weight excluding hydrogens is 224 g/mol. The van der Waals surface area contributed by atoms with E-state index in [-0.39, 0.29) is 12.0 Å². The summed E-state index contributed by atoms with van der Waals surface area (Å²) in [4.78, 5) is 12.0. The maximum absolute atomic E-state index is 5.24. The lowest BCUT2D eigenvalue weighted by Crippen LogP contribution is -2.19. The molecule has 1 unspecified atom stereocenters. The largest absolute Gasteiger partial charge is 0.467 e. The van der Waals surface area contributed by atoms with Gasteiger partial charge in [-0.05, 0) is 5.92 Å². The van der Waals surface area contributed by atoms with Crippen molar-refractivity contribution < 1.29 is 9.47 Å². The Kier molecular flexibility index (Phi) is 5.37. The van der Waals surface area contributed by atoms with Crippen LogP contribution >= 0.6 is 0 Å². The molecule has 17 heavy (non-hydrogen) atoms. The fourth-order valence-electron chi connectivity index (χ4n) is 1.20. The number of nitrogens with one attached hydrogen (secondary N) is 2. The molecule has 0 fully saturated rings. The van der Waals surface area contributed by atoms with E-state index in [1.54, 1.807) is 7.11 Å². The number of aromatic nitrogens is 3. The summed E-state index contributed by atoms with van der Waals surface area (Å²) < 4.78 is 9.96.